The number of halogens is 3. The van der Waals surface area contributed by atoms with Crippen molar-refractivity contribution in [2.45, 2.75) is 13.0 Å². The van der Waals surface area contributed by atoms with Crippen molar-refractivity contribution in [3.05, 3.63) is 47.0 Å². The predicted molar refractivity (Wildman–Crippen MR) is 94.1 cm³/mol. The Labute approximate surface area is 153 Å². The highest BCUT2D eigenvalue weighted by Gasteiger charge is 2.18. The lowest BCUT2D eigenvalue weighted by Crippen LogP contribution is -2.08. The molecule has 0 aliphatic rings. The van der Waals surface area contributed by atoms with Gasteiger partial charge in [-0.25, -0.2) is 13.6 Å². The zero-order chi connectivity index (χ0) is 18.8. The smallest absolute Gasteiger partial charge is 0.337 e. The highest BCUT2D eigenvalue weighted by molar-refractivity contribution is 6.32. The molecule has 0 N–H and O–H groups in total. The van der Waals surface area contributed by atoms with Crippen molar-refractivity contribution in [2.75, 3.05) is 14.2 Å². The molecule has 0 aliphatic heterocycles. The minimum atomic E-state index is -2.56. The minimum Gasteiger partial charge on any atom is -0.495 e. The maximum absolute atomic E-state index is 12.9. The van der Waals surface area contributed by atoms with Crippen molar-refractivity contribution in [3.8, 4) is 17.0 Å². The summed E-state index contributed by atoms with van der Waals surface area (Å²) in [5.41, 5.74) is 1.85. The standard InChI is InChI=1S/C18H15ClF2N2O3/c1-25-15-6-4-10(8-13(15)19)17-12-7-11(18(24)26-2)3-5-14(12)23(22-17)9-16(20)21/h3-8,16H,9H2,1-2H3. The van der Waals surface area contributed by atoms with Crippen LogP contribution in [0.2, 0.25) is 5.02 Å². The third kappa shape index (κ3) is 3.35. The molecule has 0 bridgehead atoms. The molecular weight excluding hydrogens is 366 g/mol. The molecule has 5 nitrogen and oxygen atoms in total. The van der Waals surface area contributed by atoms with E-state index >= 15 is 0 Å². The number of carbonyl (C=O) groups excluding carboxylic acids is 1. The normalized spacial score (nSPS) is 11.2. The van der Waals surface area contributed by atoms with Crippen molar-refractivity contribution in [3.63, 3.8) is 0 Å². The molecule has 0 fully saturated rings. The maximum atomic E-state index is 12.9. The summed E-state index contributed by atoms with van der Waals surface area (Å²) in [4.78, 5) is 11.8. The summed E-state index contributed by atoms with van der Waals surface area (Å²) in [6.45, 7) is -0.558. The number of rotatable bonds is 5. The maximum Gasteiger partial charge on any atom is 0.337 e. The van der Waals surface area contributed by atoms with E-state index in [4.69, 9.17) is 21.1 Å². The number of methoxy groups -OCH3 is 2. The fourth-order valence-corrected chi connectivity index (χ4v) is 2.98. The van der Waals surface area contributed by atoms with E-state index in [2.05, 4.69) is 5.10 Å². The summed E-state index contributed by atoms with van der Waals surface area (Å²) in [7, 11) is 2.77. The van der Waals surface area contributed by atoms with Crippen molar-refractivity contribution >= 4 is 28.5 Å². The molecule has 2 aromatic carbocycles. The zero-order valence-corrected chi connectivity index (χ0v) is 14.8. The monoisotopic (exact) mass is 380 g/mol. The predicted octanol–water partition coefficient (Wildman–Crippen LogP) is 4.42. The van der Waals surface area contributed by atoms with E-state index in [1.807, 2.05) is 0 Å². The second-order valence-electron chi connectivity index (χ2n) is 5.49. The summed E-state index contributed by atoms with van der Waals surface area (Å²) < 4.78 is 36.9. The van der Waals surface area contributed by atoms with Crippen LogP contribution in [0.3, 0.4) is 0 Å². The number of alkyl halides is 2. The Morgan fingerprint density at radius 3 is 2.62 bits per heavy atom. The van der Waals surface area contributed by atoms with Gasteiger partial charge < -0.3 is 9.47 Å². The summed E-state index contributed by atoms with van der Waals surface area (Å²) in [6.07, 6.45) is -2.56. The van der Waals surface area contributed by atoms with Gasteiger partial charge in [-0.15, -0.1) is 0 Å². The summed E-state index contributed by atoms with van der Waals surface area (Å²) >= 11 is 6.17. The number of fused-ring (bicyclic) bond motifs is 1. The largest absolute Gasteiger partial charge is 0.495 e. The van der Waals surface area contributed by atoms with Crippen LogP contribution in [0, 0.1) is 0 Å². The highest BCUT2D eigenvalue weighted by Crippen LogP contribution is 2.34. The molecule has 8 heteroatoms. The molecule has 0 unspecified atom stereocenters. The van der Waals surface area contributed by atoms with Gasteiger partial charge in [-0.1, -0.05) is 11.6 Å². The molecule has 3 rings (SSSR count). The number of aromatic nitrogens is 2. The molecule has 1 heterocycles. The minimum absolute atomic E-state index is 0.303. The second-order valence-corrected chi connectivity index (χ2v) is 5.90. The Bertz CT molecular complexity index is 972. The summed E-state index contributed by atoms with van der Waals surface area (Å²) in [6, 6.07) is 9.70. The SMILES string of the molecule is COC(=O)c1ccc2c(c1)c(-c1ccc(OC)c(Cl)c1)nn2CC(F)F. The van der Waals surface area contributed by atoms with Gasteiger partial charge in [0.25, 0.3) is 6.43 Å². The van der Waals surface area contributed by atoms with Gasteiger partial charge in [0.15, 0.2) is 0 Å². The number of ether oxygens (including phenoxy) is 2. The molecular formula is C18H15ClF2N2O3. The van der Waals surface area contributed by atoms with Crippen LogP contribution in [-0.2, 0) is 11.3 Å². The zero-order valence-electron chi connectivity index (χ0n) is 14.0. The quantitative estimate of drug-likeness (QED) is 0.615. The van der Waals surface area contributed by atoms with E-state index in [9.17, 15) is 13.6 Å². The number of carbonyl (C=O) groups is 1. The van der Waals surface area contributed by atoms with E-state index in [1.165, 1.54) is 25.0 Å². The Hall–Kier alpha value is -2.67. The highest BCUT2D eigenvalue weighted by atomic mass is 35.5. The van der Waals surface area contributed by atoms with E-state index in [1.54, 1.807) is 30.3 Å². The Morgan fingerprint density at radius 1 is 1.23 bits per heavy atom. The lowest BCUT2D eigenvalue weighted by atomic mass is 10.1. The second kappa shape index (κ2) is 7.29. The average molecular weight is 381 g/mol. The van der Waals surface area contributed by atoms with Gasteiger partial charge in [0.1, 0.15) is 18.0 Å². The molecule has 0 saturated carbocycles. The van der Waals surface area contributed by atoms with Crippen LogP contribution >= 0.6 is 11.6 Å². The first-order valence-electron chi connectivity index (χ1n) is 7.65. The molecule has 1 aromatic heterocycles. The van der Waals surface area contributed by atoms with Crippen LogP contribution in [0.1, 0.15) is 10.4 Å². The van der Waals surface area contributed by atoms with Crippen LogP contribution in [0.5, 0.6) is 5.75 Å². The van der Waals surface area contributed by atoms with E-state index in [0.29, 0.717) is 38.5 Å². The fourth-order valence-electron chi connectivity index (χ4n) is 2.72. The van der Waals surface area contributed by atoms with Gasteiger partial charge >= 0.3 is 5.97 Å². The third-order valence-corrected chi connectivity index (χ3v) is 4.20. The molecule has 0 radical (unpaired) electrons. The first-order valence-corrected chi connectivity index (χ1v) is 8.03. The topological polar surface area (TPSA) is 53.4 Å². The third-order valence-electron chi connectivity index (χ3n) is 3.91. The summed E-state index contributed by atoms with van der Waals surface area (Å²) in [5, 5.41) is 5.22. The fraction of sp³-hybridized carbons (Fsp3) is 0.222. The lowest BCUT2D eigenvalue weighted by molar-refractivity contribution is 0.0601. The molecule has 26 heavy (non-hydrogen) atoms. The Morgan fingerprint density at radius 2 is 2.00 bits per heavy atom. The first kappa shape index (κ1) is 18.1. The van der Waals surface area contributed by atoms with Crippen LogP contribution in [0.25, 0.3) is 22.2 Å². The number of nitrogens with zero attached hydrogens (tertiary/aromatic N) is 2. The van der Waals surface area contributed by atoms with Crippen LogP contribution < -0.4 is 4.74 Å². The first-order chi connectivity index (χ1) is 12.4. The van der Waals surface area contributed by atoms with Crippen LogP contribution in [0.15, 0.2) is 36.4 Å². The van der Waals surface area contributed by atoms with Gasteiger partial charge in [0.2, 0.25) is 0 Å². The van der Waals surface area contributed by atoms with Crippen LogP contribution in [0.4, 0.5) is 8.78 Å². The Balaban J connectivity index is 2.22. The molecule has 0 spiro atoms. The molecule has 0 atom stereocenters. The lowest BCUT2D eigenvalue weighted by Gasteiger charge is -2.05. The van der Waals surface area contributed by atoms with Crippen molar-refractivity contribution in [2.24, 2.45) is 0 Å². The number of benzene rings is 2. The van der Waals surface area contributed by atoms with Gasteiger partial charge in [-0.05, 0) is 36.4 Å². The van der Waals surface area contributed by atoms with Gasteiger partial charge in [0.05, 0.1) is 30.3 Å². The van der Waals surface area contributed by atoms with E-state index in [0.717, 1.165) is 0 Å². The number of hydrogen-bond acceptors (Lipinski definition) is 4. The van der Waals surface area contributed by atoms with Crippen molar-refractivity contribution in [1.82, 2.24) is 9.78 Å². The molecule has 0 saturated heterocycles. The van der Waals surface area contributed by atoms with E-state index in [-0.39, 0.29) is 0 Å². The number of hydrogen-bond donors (Lipinski definition) is 0. The van der Waals surface area contributed by atoms with Crippen LogP contribution in [-0.4, -0.2) is 36.4 Å². The molecule has 0 aliphatic carbocycles. The average Bonchev–Trinajstić information content (AvgIpc) is 2.98. The van der Waals surface area contributed by atoms with Crippen molar-refractivity contribution < 1.29 is 23.0 Å². The number of esters is 1. The van der Waals surface area contributed by atoms with Crippen molar-refractivity contribution in [1.29, 1.82) is 0 Å². The summed E-state index contributed by atoms with van der Waals surface area (Å²) in [5.74, 6) is -0.0331. The van der Waals surface area contributed by atoms with Gasteiger partial charge in [-0.2, -0.15) is 5.10 Å². The van der Waals surface area contributed by atoms with E-state index < -0.39 is 18.9 Å². The molecule has 0 amide bonds. The molecule has 3 aromatic rings. The Kier molecular flexibility index (Phi) is 5.08. The van der Waals surface area contributed by atoms with Gasteiger partial charge in [-0.3, -0.25) is 4.68 Å². The molecule has 136 valence electrons. The van der Waals surface area contributed by atoms with Gasteiger partial charge in [0, 0.05) is 10.9 Å².